The van der Waals surface area contributed by atoms with Crippen molar-refractivity contribution in [2.24, 2.45) is 11.7 Å². The summed E-state index contributed by atoms with van der Waals surface area (Å²) >= 11 is 0. The molecule has 0 heterocycles. The maximum atomic E-state index is 5.66. The van der Waals surface area contributed by atoms with Gasteiger partial charge in [0.1, 0.15) is 5.75 Å². The van der Waals surface area contributed by atoms with Gasteiger partial charge in [-0.05, 0) is 56.0 Å². The molecule has 1 fully saturated rings. The van der Waals surface area contributed by atoms with Gasteiger partial charge in [0.05, 0.1) is 7.11 Å². The average Bonchev–Trinajstić information content (AvgIpc) is 2.96. The van der Waals surface area contributed by atoms with E-state index in [0.717, 1.165) is 31.2 Å². The van der Waals surface area contributed by atoms with Crippen LogP contribution in [0.5, 0.6) is 5.75 Å². The number of hydrogen-bond acceptors (Lipinski definition) is 3. The third-order valence-electron chi connectivity index (χ3n) is 4.02. The van der Waals surface area contributed by atoms with Crippen molar-refractivity contribution in [3.8, 4) is 5.75 Å². The number of rotatable bonds is 7. The van der Waals surface area contributed by atoms with Crippen LogP contribution in [0.2, 0.25) is 0 Å². The number of benzene rings is 1. The minimum atomic E-state index is 0.761. The summed E-state index contributed by atoms with van der Waals surface area (Å²) in [6.45, 7) is 2.99. The van der Waals surface area contributed by atoms with E-state index in [1.54, 1.807) is 7.11 Å². The number of anilines is 1. The molecule has 0 aliphatic heterocycles. The van der Waals surface area contributed by atoms with Gasteiger partial charge < -0.3 is 15.4 Å². The van der Waals surface area contributed by atoms with Crippen LogP contribution in [0.15, 0.2) is 24.3 Å². The Bertz CT molecular complexity index is 358. The van der Waals surface area contributed by atoms with Crippen LogP contribution in [0.3, 0.4) is 0 Å². The van der Waals surface area contributed by atoms with Gasteiger partial charge in [0.2, 0.25) is 0 Å². The first kappa shape index (κ1) is 14.2. The molecule has 0 amide bonds. The molecule has 1 aliphatic rings. The van der Waals surface area contributed by atoms with E-state index >= 15 is 0 Å². The summed E-state index contributed by atoms with van der Waals surface area (Å²) < 4.78 is 5.22. The van der Waals surface area contributed by atoms with Crippen molar-refractivity contribution >= 4 is 5.69 Å². The average molecular weight is 262 g/mol. The number of methoxy groups -OCH3 is 1. The molecule has 0 atom stereocenters. The zero-order chi connectivity index (χ0) is 13.5. The predicted molar refractivity (Wildman–Crippen MR) is 80.8 cm³/mol. The fraction of sp³-hybridized carbons (Fsp3) is 0.625. The van der Waals surface area contributed by atoms with E-state index in [9.17, 15) is 0 Å². The Hall–Kier alpha value is -1.22. The lowest BCUT2D eigenvalue weighted by Crippen LogP contribution is -2.30. The summed E-state index contributed by atoms with van der Waals surface area (Å²) in [4.78, 5) is 2.49. The highest BCUT2D eigenvalue weighted by Gasteiger charge is 2.18. The van der Waals surface area contributed by atoms with Gasteiger partial charge in [0.15, 0.2) is 0 Å². The highest BCUT2D eigenvalue weighted by Crippen LogP contribution is 2.28. The Morgan fingerprint density at radius 1 is 1.21 bits per heavy atom. The van der Waals surface area contributed by atoms with Crippen LogP contribution >= 0.6 is 0 Å². The van der Waals surface area contributed by atoms with Crippen LogP contribution < -0.4 is 15.4 Å². The maximum Gasteiger partial charge on any atom is 0.119 e. The van der Waals surface area contributed by atoms with E-state index in [4.69, 9.17) is 10.5 Å². The van der Waals surface area contributed by atoms with Gasteiger partial charge in [-0.2, -0.15) is 0 Å². The largest absolute Gasteiger partial charge is 0.497 e. The highest BCUT2D eigenvalue weighted by atomic mass is 16.5. The molecule has 2 N–H and O–H groups in total. The smallest absolute Gasteiger partial charge is 0.119 e. The van der Waals surface area contributed by atoms with Gasteiger partial charge in [0.25, 0.3) is 0 Å². The monoisotopic (exact) mass is 262 g/mol. The Labute approximate surface area is 116 Å². The van der Waals surface area contributed by atoms with Crippen molar-refractivity contribution in [2.45, 2.75) is 32.1 Å². The summed E-state index contributed by atoms with van der Waals surface area (Å²) in [6, 6.07) is 8.40. The Morgan fingerprint density at radius 3 is 2.47 bits per heavy atom. The molecule has 0 aromatic heterocycles. The van der Waals surface area contributed by atoms with E-state index < -0.39 is 0 Å². The lowest BCUT2D eigenvalue weighted by Gasteiger charge is -2.28. The van der Waals surface area contributed by atoms with Gasteiger partial charge >= 0.3 is 0 Å². The molecule has 1 aliphatic carbocycles. The minimum Gasteiger partial charge on any atom is -0.497 e. The fourth-order valence-electron chi connectivity index (χ4n) is 2.91. The zero-order valence-corrected chi connectivity index (χ0v) is 12.0. The normalized spacial score (nSPS) is 15.7. The Kier molecular flexibility index (Phi) is 5.52. The van der Waals surface area contributed by atoms with E-state index in [1.807, 2.05) is 12.1 Å². The highest BCUT2D eigenvalue weighted by molar-refractivity contribution is 5.49. The number of nitrogens with zero attached hydrogens (tertiary/aromatic N) is 1. The molecule has 1 aromatic rings. The summed E-state index contributed by atoms with van der Waals surface area (Å²) in [5.41, 5.74) is 6.95. The summed E-state index contributed by atoms with van der Waals surface area (Å²) in [7, 11) is 1.71. The van der Waals surface area contributed by atoms with Crippen molar-refractivity contribution in [2.75, 3.05) is 31.6 Å². The first-order valence-corrected chi connectivity index (χ1v) is 7.42. The van der Waals surface area contributed by atoms with Gasteiger partial charge in [0, 0.05) is 18.8 Å². The second-order valence-electron chi connectivity index (χ2n) is 5.44. The molecule has 0 unspecified atom stereocenters. The molecule has 0 radical (unpaired) electrons. The Balaban J connectivity index is 2.01. The number of ether oxygens (including phenoxy) is 1. The SMILES string of the molecule is COc1ccc(N(CCCN)CC2CCCC2)cc1. The summed E-state index contributed by atoms with van der Waals surface area (Å²) in [6.07, 6.45) is 6.62. The Morgan fingerprint density at radius 2 is 1.89 bits per heavy atom. The topological polar surface area (TPSA) is 38.5 Å². The van der Waals surface area contributed by atoms with Crippen LogP contribution in [0.1, 0.15) is 32.1 Å². The second-order valence-corrected chi connectivity index (χ2v) is 5.44. The maximum absolute atomic E-state index is 5.66. The van der Waals surface area contributed by atoms with Crippen molar-refractivity contribution in [3.63, 3.8) is 0 Å². The van der Waals surface area contributed by atoms with Crippen molar-refractivity contribution < 1.29 is 4.74 Å². The molecule has 19 heavy (non-hydrogen) atoms. The van der Waals surface area contributed by atoms with Crippen molar-refractivity contribution in [1.82, 2.24) is 0 Å². The summed E-state index contributed by atoms with van der Waals surface area (Å²) in [5.74, 6) is 1.78. The molecular formula is C16H26N2O. The van der Waals surface area contributed by atoms with Crippen LogP contribution in [-0.2, 0) is 0 Å². The zero-order valence-electron chi connectivity index (χ0n) is 12.0. The van der Waals surface area contributed by atoms with E-state index in [0.29, 0.717) is 0 Å². The molecule has 1 saturated carbocycles. The lowest BCUT2D eigenvalue weighted by molar-refractivity contribution is 0.414. The molecule has 106 valence electrons. The van der Waals surface area contributed by atoms with E-state index in [-0.39, 0.29) is 0 Å². The van der Waals surface area contributed by atoms with Crippen molar-refractivity contribution in [1.29, 1.82) is 0 Å². The standard InChI is InChI=1S/C16H26N2O/c1-19-16-9-7-15(8-10-16)18(12-4-11-17)13-14-5-2-3-6-14/h7-10,14H,2-6,11-13,17H2,1H3. The molecule has 0 saturated heterocycles. The molecule has 1 aromatic carbocycles. The molecule has 2 rings (SSSR count). The molecule has 0 bridgehead atoms. The lowest BCUT2D eigenvalue weighted by atomic mass is 10.1. The van der Waals surface area contributed by atoms with Gasteiger partial charge in [-0.1, -0.05) is 12.8 Å². The van der Waals surface area contributed by atoms with Crippen LogP contribution in [0, 0.1) is 5.92 Å². The van der Waals surface area contributed by atoms with Crippen LogP contribution in [-0.4, -0.2) is 26.7 Å². The summed E-state index contributed by atoms with van der Waals surface area (Å²) in [5, 5.41) is 0. The third kappa shape index (κ3) is 4.13. The number of nitrogens with two attached hydrogens (primary N) is 1. The van der Waals surface area contributed by atoms with E-state index in [2.05, 4.69) is 17.0 Å². The van der Waals surface area contributed by atoms with Crippen molar-refractivity contribution in [3.05, 3.63) is 24.3 Å². The molecule has 0 spiro atoms. The van der Waals surface area contributed by atoms with Gasteiger partial charge in [-0.3, -0.25) is 0 Å². The second kappa shape index (κ2) is 7.39. The first-order valence-electron chi connectivity index (χ1n) is 7.42. The van der Waals surface area contributed by atoms with Gasteiger partial charge in [-0.15, -0.1) is 0 Å². The fourth-order valence-corrected chi connectivity index (χ4v) is 2.91. The predicted octanol–water partition coefficient (Wildman–Crippen LogP) is 3.04. The first-order chi connectivity index (χ1) is 9.33. The quantitative estimate of drug-likeness (QED) is 0.821. The van der Waals surface area contributed by atoms with E-state index in [1.165, 1.54) is 37.9 Å². The number of hydrogen-bond donors (Lipinski definition) is 1. The molecule has 3 heteroatoms. The van der Waals surface area contributed by atoms with Crippen LogP contribution in [0.4, 0.5) is 5.69 Å². The molecular weight excluding hydrogens is 236 g/mol. The van der Waals surface area contributed by atoms with Crippen LogP contribution in [0.25, 0.3) is 0 Å². The molecule has 3 nitrogen and oxygen atoms in total. The minimum absolute atomic E-state index is 0.761. The van der Waals surface area contributed by atoms with Gasteiger partial charge in [-0.25, -0.2) is 0 Å². The third-order valence-corrected chi connectivity index (χ3v) is 4.02.